The SMILES string of the molecule is CC(C)C(CC(=O)O)NC(=O)CNC(=O)C(C)(C)C. The van der Waals surface area contributed by atoms with E-state index in [2.05, 4.69) is 10.6 Å². The van der Waals surface area contributed by atoms with Gasteiger partial charge in [0.15, 0.2) is 0 Å². The first-order chi connectivity index (χ1) is 8.54. The molecular formula is C13H24N2O4. The molecule has 0 saturated heterocycles. The molecule has 0 aliphatic rings. The third-order valence-corrected chi connectivity index (χ3v) is 2.64. The van der Waals surface area contributed by atoms with Crippen LogP contribution >= 0.6 is 0 Å². The average molecular weight is 272 g/mol. The smallest absolute Gasteiger partial charge is 0.305 e. The van der Waals surface area contributed by atoms with E-state index in [0.717, 1.165) is 0 Å². The number of carbonyl (C=O) groups excluding carboxylic acids is 2. The number of carboxylic acids is 1. The van der Waals surface area contributed by atoms with Gasteiger partial charge in [0.1, 0.15) is 0 Å². The Bertz CT molecular complexity index is 345. The zero-order chi connectivity index (χ0) is 15.2. The van der Waals surface area contributed by atoms with E-state index in [9.17, 15) is 14.4 Å². The van der Waals surface area contributed by atoms with E-state index >= 15 is 0 Å². The summed E-state index contributed by atoms with van der Waals surface area (Å²) in [6.07, 6.45) is -0.128. The van der Waals surface area contributed by atoms with Crippen LogP contribution in [0.15, 0.2) is 0 Å². The summed E-state index contributed by atoms with van der Waals surface area (Å²) in [5, 5.41) is 13.9. The first-order valence-electron chi connectivity index (χ1n) is 6.33. The van der Waals surface area contributed by atoms with Crippen LogP contribution in [-0.4, -0.2) is 35.5 Å². The van der Waals surface area contributed by atoms with Crippen molar-refractivity contribution < 1.29 is 19.5 Å². The summed E-state index contributed by atoms with van der Waals surface area (Å²) in [6, 6.07) is -0.434. The number of aliphatic carboxylic acids is 1. The number of hydrogen-bond donors (Lipinski definition) is 3. The zero-order valence-corrected chi connectivity index (χ0v) is 12.2. The second-order valence-electron chi connectivity index (χ2n) is 5.95. The fourth-order valence-electron chi connectivity index (χ4n) is 1.33. The Morgan fingerprint density at radius 1 is 1.16 bits per heavy atom. The monoisotopic (exact) mass is 272 g/mol. The van der Waals surface area contributed by atoms with E-state index in [4.69, 9.17) is 5.11 Å². The highest BCUT2D eigenvalue weighted by Crippen LogP contribution is 2.12. The minimum Gasteiger partial charge on any atom is -0.481 e. The molecule has 3 N–H and O–H groups in total. The lowest BCUT2D eigenvalue weighted by Gasteiger charge is -2.22. The molecule has 6 nitrogen and oxygen atoms in total. The van der Waals surface area contributed by atoms with E-state index in [0.29, 0.717) is 0 Å². The average Bonchev–Trinajstić information content (AvgIpc) is 2.22. The van der Waals surface area contributed by atoms with Gasteiger partial charge in [-0.25, -0.2) is 0 Å². The van der Waals surface area contributed by atoms with E-state index in [1.165, 1.54) is 0 Å². The fraction of sp³-hybridized carbons (Fsp3) is 0.769. The predicted octanol–water partition coefficient (Wildman–Crippen LogP) is 0.764. The number of nitrogens with one attached hydrogen (secondary N) is 2. The third-order valence-electron chi connectivity index (χ3n) is 2.64. The Labute approximate surface area is 113 Å². The normalized spacial score (nSPS) is 12.9. The molecule has 2 amide bonds. The van der Waals surface area contributed by atoms with Crippen molar-refractivity contribution in [3.8, 4) is 0 Å². The molecule has 0 heterocycles. The minimum atomic E-state index is -0.960. The molecule has 1 unspecified atom stereocenters. The number of rotatable bonds is 6. The first-order valence-corrected chi connectivity index (χ1v) is 6.33. The number of carbonyl (C=O) groups is 3. The van der Waals surface area contributed by atoms with Gasteiger partial charge < -0.3 is 15.7 Å². The molecule has 0 rings (SSSR count). The summed E-state index contributed by atoms with van der Waals surface area (Å²) in [5.41, 5.74) is -0.557. The summed E-state index contributed by atoms with van der Waals surface area (Å²) in [4.78, 5) is 33.9. The Kier molecular flexibility index (Phi) is 6.52. The number of hydrogen-bond acceptors (Lipinski definition) is 3. The molecule has 1 atom stereocenters. The van der Waals surface area contributed by atoms with Gasteiger partial charge in [0.2, 0.25) is 11.8 Å². The maximum absolute atomic E-state index is 11.7. The molecule has 0 radical (unpaired) electrons. The second kappa shape index (κ2) is 7.11. The van der Waals surface area contributed by atoms with E-state index < -0.39 is 17.4 Å². The quantitative estimate of drug-likeness (QED) is 0.665. The number of carboxylic acid groups (broad SMARTS) is 1. The molecule has 0 fully saturated rings. The number of amides is 2. The van der Waals surface area contributed by atoms with Crippen LogP contribution in [0, 0.1) is 11.3 Å². The van der Waals surface area contributed by atoms with Crippen molar-refractivity contribution >= 4 is 17.8 Å². The van der Waals surface area contributed by atoms with Gasteiger partial charge in [-0.15, -0.1) is 0 Å². The Balaban J connectivity index is 4.28. The second-order valence-corrected chi connectivity index (χ2v) is 5.95. The molecular weight excluding hydrogens is 248 g/mol. The Hall–Kier alpha value is -1.59. The van der Waals surface area contributed by atoms with Crippen LogP contribution in [0.25, 0.3) is 0 Å². The van der Waals surface area contributed by atoms with Gasteiger partial charge in [0.25, 0.3) is 0 Å². The Morgan fingerprint density at radius 2 is 1.68 bits per heavy atom. The highest BCUT2D eigenvalue weighted by atomic mass is 16.4. The molecule has 0 aromatic rings. The van der Waals surface area contributed by atoms with Crippen molar-refractivity contribution in [2.24, 2.45) is 11.3 Å². The summed E-state index contributed by atoms with van der Waals surface area (Å²) in [7, 11) is 0. The van der Waals surface area contributed by atoms with E-state index in [1.807, 2.05) is 13.8 Å². The topological polar surface area (TPSA) is 95.5 Å². The third kappa shape index (κ3) is 7.43. The summed E-state index contributed by atoms with van der Waals surface area (Å²) < 4.78 is 0. The van der Waals surface area contributed by atoms with Crippen molar-refractivity contribution in [2.75, 3.05) is 6.54 Å². The van der Waals surface area contributed by atoms with Gasteiger partial charge >= 0.3 is 5.97 Å². The van der Waals surface area contributed by atoms with Crippen LogP contribution in [0.2, 0.25) is 0 Å². The lowest BCUT2D eigenvalue weighted by molar-refractivity contribution is -0.138. The molecule has 0 spiro atoms. The molecule has 0 saturated carbocycles. The van der Waals surface area contributed by atoms with Crippen molar-refractivity contribution in [3.05, 3.63) is 0 Å². The van der Waals surface area contributed by atoms with Gasteiger partial charge in [-0.2, -0.15) is 0 Å². The van der Waals surface area contributed by atoms with Gasteiger partial charge in [0.05, 0.1) is 13.0 Å². The highest BCUT2D eigenvalue weighted by molar-refractivity contribution is 5.87. The lowest BCUT2D eigenvalue weighted by Crippen LogP contribution is -2.46. The van der Waals surface area contributed by atoms with Crippen molar-refractivity contribution in [3.63, 3.8) is 0 Å². The molecule has 6 heteroatoms. The molecule has 0 aromatic heterocycles. The largest absolute Gasteiger partial charge is 0.481 e. The van der Waals surface area contributed by atoms with Crippen molar-refractivity contribution in [2.45, 2.75) is 47.1 Å². The molecule has 0 bridgehead atoms. The molecule has 0 aliphatic heterocycles. The lowest BCUT2D eigenvalue weighted by atomic mass is 9.96. The zero-order valence-electron chi connectivity index (χ0n) is 12.2. The van der Waals surface area contributed by atoms with Crippen LogP contribution in [0.5, 0.6) is 0 Å². The molecule has 110 valence electrons. The molecule has 19 heavy (non-hydrogen) atoms. The standard InChI is InChI=1S/C13H24N2O4/c1-8(2)9(6-11(17)18)15-10(16)7-14-12(19)13(3,4)5/h8-9H,6-7H2,1-5H3,(H,14,19)(H,15,16)(H,17,18). The summed E-state index contributed by atoms with van der Waals surface area (Å²) in [5.74, 6) is -1.55. The fourth-order valence-corrected chi connectivity index (χ4v) is 1.33. The van der Waals surface area contributed by atoms with E-state index in [1.54, 1.807) is 20.8 Å². The van der Waals surface area contributed by atoms with Crippen LogP contribution in [0.3, 0.4) is 0 Å². The van der Waals surface area contributed by atoms with Crippen LogP contribution in [0.4, 0.5) is 0 Å². The summed E-state index contributed by atoms with van der Waals surface area (Å²) >= 11 is 0. The first kappa shape index (κ1) is 17.4. The Morgan fingerprint density at radius 3 is 2.05 bits per heavy atom. The van der Waals surface area contributed by atoms with Crippen LogP contribution < -0.4 is 10.6 Å². The highest BCUT2D eigenvalue weighted by Gasteiger charge is 2.23. The summed E-state index contributed by atoms with van der Waals surface area (Å²) in [6.45, 7) is 8.78. The maximum atomic E-state index is 11.7. The minimum absolute atomic E-state index is 0.0124. The predicted molar refractivity (Wildman–Crippen MR) is 71.5 cm³/mol. The van der Waals surface area contributed by atoms with Crippen LogP contribution in [0.1, 0.15) is 41.0 Å². The van der Waals surface area contributed by atoms with Crippen LogP contribution in [-0.2, 0) is 14.4 Å². The van der Waals surface area contributed by atoms with E-state index in [-0.39, 0.29) is 30.7 Å². The van der Waals surface area contributed by atoms with Gasteiger partial charge in [-0.3, -0.25) is 14.4 Å². The van der Waals surface area contributed by atoms with Crippen molar-refractivity contribution in [1.82, 2.24) is 10.6 Å². The van der Waals surface area contributed by atoms with Gasteiger partial charge in [0, 0.05) is 11.5 Å². The van der Waals surface area contributed by atoms with Gasteiger partial charge in [-0.1, -0.05) is 34.6 Å². The molecule has 0 aliphatic carbocycles. The van der Waals surface area contributed by atoms with Gasteiger partial charge in [-0.05, 0) is 5.92 Å². The molecule has 0 aromatic carbocycles. The maximum Gasteiger partial charge on any atom is 0.305 e. The van der Waals surface area contributed by atoms with Crippen molar-refractivity contribution in [1.29, 1.82) is 0 Å².